The molecule has 3 aromatic rings. The molecular weight excluding hydrogens is 343 g/mol. The number of hydrogen-bond donors (Lipinski definition) is 1. The smallest absolute Gasteiger partial charge is 0.306 e. The summed E-state index contributed by atoms with van der Waals surface area (Å²) in [6, 6.07) is 13.5. The highest BCUT2D eigenvalue weighted by atomic mass is 19.4. The number of anilines is 1. The number of rotatable bonds is 3. The zero-order valence-electron chi connectivity index (χ0n) is 14.1. The van der Waals surface area contributed by atoms with Crippen LogP contribution in [0.1, 0.15) is 27.2 Å². The highest BCUT2D eigenvalue weighted by Gasteiger charge is 2.30. The van der Waals surface area contributed by atoms with Crippen molar-refractivity contribution < 1.29 is 18.0 Å². The number of carbonyl (C=O) groups is 1. The highest BCUT2D eigenvalue weighted by Crippen LogP contribution is 2.31. The van der Waals surface area contributed by atoms with Gasteiger partial charge in [-0.2, -0.15) is 18.3 Å². The van der Waals surface area contributed by atoms with Gasteiger partial charge in [-0.3, -0.25) is 4.79 Å². The van der Waals surface area contributed by atoms with E-state index < -0.39 is 11.7 Å². The number of nitrogens with zero attached hydrogens (tertiary/aromatic N) is 2. The summed E-state index contributed by atoms with van der Waals surface area (Å²) in [4.78, 5) is 12.5. The van der Waals surface area contributed by atoms with Crippen LogP contribution < -0.4 is 5.32 Å². The summed E-state index contributed by atoms with van der Waals surface area (Å²) in [5.74, 6) is -0.0497. The second-order valence-electron chi connectivity index (χ2n) is 5.90. The van der Waals surface area contributed by atoms with E-state index in [2.05, 4.69) is 10.4 Å². The Hall–Kier alpha value is -3.09. The maximum atomic E-state index is 13.0. The number of aryl methyl sites for hydroxylation is 2. The van der Waals surface area contributed by atoms with Gasteiger partial charge in [0.15, 0.2) is 0 Å². The van der Waals surface area contributed by atoms with Gasteiger partial charge in [-0.1, -0.05) is 24.3 Å². The van der Waals surface area contributed by atoms with Crippen LogP contribution in [-0.2, 0) is 6.18 Å². The van der Waals surface area contributed by atoms with Crippen LogP contribution >= 0.6 is 0 Å². The maximum absolute atomic E-state index is 13.0. The van der Waals surface area contributed by atoms with E-state index in [0.717, 1.165) is 17.7 Å². The van der Waals surface area contributed by atoms with Gasteiger partial charge >= 0.3 is 6.18 Å². The Morgan fingerprint density at radius 1 is 1.04 bits per heavy atom. The van der Waals surface area contributed by atoms with Crippen molar-refractivity contribution in [2.24, 2.45) is 0 Å². The SMILES string of the molecule is Cc1cc(NC(=O)c2ccccc2C)n(-c2cccc(C(F)(F)F)c2)n1. The molecule has 0 spiro atoms. The zero-order valence-corrected chi connectivity index (χ0v) is 14.1. The van der Waals surface area contributed by atoms with Crippen LogP contribution in [0.25, 0.3) is 5.69 Å². The largest absolute Gasteiger partial charge is 0.416 e. The minimum Gasteiger partial charge on any atom is -0.306 e. The molecule has 0 unspecified atom stereocenters. The number of carbonyl (C=O) groups excluding carboxylic acids is 1. The van der Waals surface area contributed by atoms with Gasteiger partial charge in [-0.25, -0.2) is 4.68 Å². The van der Waals surface area contributed by atoms with Crippen LogP contribution in [0.5, 0.6) is 0 Å². The molecule has 0 saturated carbocycles. The quantitative estimate of drug-likeness (QED) is 0.733. The molecule has 0 bridgehead atoms. The first-order valence-electron chi connectivity index (χ1n) is 7.87. The number of benzene rings is 2. The second-order valence-corrected chi connectivity index (χ2v) is 5.90. The summed E-state index contributed by atoms with van der Waals surface area (Å²) < 4.78 is 40.2. The molecule has 1 aromatic heterocycles. The second kappa shape index (κ2) is 6.67. The van der Waals surface area contributed by atoms with Crippen molar-refractivity contribution in [3.05, 3.63) is 77.0 Å². The van der Waals surface area contributed by atoms with E-state index in [1.54, 1.807) is 25.1 Å². The van der Waals surface area contributed by atoms with Crippen molar-refractivity contribution in [1.82, 2.24) is 9.78 Å². The Morgan fingerprint density at radius 3 is 2.46 bits per heavy atom. The van der Waals surface area contributed by atoms with Crippen molar-refractivity contribution in [3.8, 4) is 5.69 Å². The average Bonchev–Trinajstić information content (AvgIpc) is 2.95. The summed E-state index contributed by atoms with van der Waals surface area (Å²) in [7, 11) is 0. The van der Waals surface area contributed by atoms with Crippen LogP contribution in [-0.4, -0.2) is 15.7 Å². The van der Waals surface area contributed by atoms with E-state index in [1.807, 2.05) is 19.1 Å². The number of nitrogens with one attached hydrogen (secondary N) is 1. The lowest BCUT2D eigenvalue weighted by Crippen LogP contribution is -2.16. The van der Waals surface area contributed by atoms with Crippen LogP contribution in [0.15, 0.2) is 54.6 Å². The Labute approximate surface area is 148 Å². The van der Waals surface area contributed by atoms with Gasteiger partial charge in [-0.15, -0.1) is 0 Å². The lowest BCUT2D eigenvalue weighted by Gasteiger charge is -2.12. The zero-order chi connectivity index (χ0) is 18.9. The lowest BCUT2D eigenvalue weighted by molar-refractivity contribution is -0.137. The number of amides is 1. The van der Waals surface area contributed by atoms with Gasteiger partial charge < -0.3 is 5.32 Å². The maximum Gasteiger partial charge on any atom is 0.416 e. The minimum atomic E-state index is -4.46. The summed E-state index contributed by atoms with van der Waals surface area (Å²) in [6.07, 6.45) is -4.46. The monoisotopic (exact) mass is 359 g/mol. The molecule has 7 heteroatoms. The van der Waals surface area contributed by atoms with Crippen molar-refractivity contribution in [2.75, 3.05) is 5.32 Å². The lowest BCUT2D eigenvalue weighted by atomic mass is 10.1. The van der Waals surface area contributed by atoms with Gasteiger partial charge in [-0.05, 0) is 43.7 Å². The van der Waals surface area contributed by atoms with Crippen LogP contribution in [0, 0.1) is 13.8 Å². The molecule has 1 amide bonds. The fraction of sp³-hybridized carbons (Fsp3) is 0.158. The first-order chi connectivity index (χ1) is 12.3. The Morgan fingerprint density at radius 2 is 1.77 bits per heavy atom. The molecule has 0 aliphatic heterocycles. The molecule has 0 aliphatic carbocycles. The molecule has 0 aliphatic rings. The summed E-state index contributed by atoms with van der Waals surface area (Å²) in [5.41, 5.74) is 1.30. The Bertz CT molecular complexity index is 961. The van der Waals surface area contributed by atoms with Crippen molar-refractivity contribution in [3.63, 3.8) is 0 Å². The molecule has 0 atom stereocenters. The topological polar surface area (TPSA) is 46.9 Å². The molecule has 0 radical (unpaired) electrons. The van der Waals surface area contributed by atoms with Crippen LogP contribution in [0.3, 0.4) is 0 Å². The van der Waals surface area contributed by atoms with E-state index in [0.29, 0.717) is 17.1 Å². The minimum absolute atomic E-state index is 0.216. The summed E-state index contributed by atoms with van der Waals surface area (Å²) in [5, 5.41) is 6.93. The van der Waals surface area contributed by atoms with Crippen LogP contribution in [0.2, 0.25) is 0 Å². The number of halogens is 3. The molecule has 4 nitrogen and oxygen atoms in total. The van der Waals surface area contributed by atoms with Gasteiger partial charge in [0.1, 0.15) is 5.82 Å². The third kappa shape index (κ3) is 3.61. The number of aromatic nitrogens is 2. The fourth-order valence-corrected chi connectivity index (χ4v) is 2.61. The first kappa shape index (κ1) is 17.7. The summed E-state index contributed by atoms with van der Waals surface area (Å²) >= 11 is 0. The molecule has 0 fully saturated rings. The van der Waals surface area contributed by atoms with E-state index in [9.17, 15) is 18.0 Å². The predicted molar refractivity (Wildman–Crippen MR) is 92.4 cm³/mol. The molecule has 134 valence electrons. The van der Waals surface area contributed by atoms with E-state index in [4.69, 9.17) is 0 Å². The fourth-order valence-electron chi connectivity index (χ4n) is 2.61. The molecule has 1 N–H and O–H groups in total. The van der Waals surface area contributed by atoms with Gasteiger partial charge in [0.05, 0.1) is 16.9 Å². The third-order valence-electron chi connectivity index (χ3n) is 3.88. The Balaban J connectivity index is 1.97. The molecule has 1 heterocycles. The predicted octanol–water partition coefficient (Wildman–Crippen LogP) is 4.76. The van der Waals surface area contributed by atoms with Crippen molar-refractivity contribution in [2.45, 2.75) is 20.0 Å². The number of alkyl halides is 3. The Kier molecular flexibility index (Phi) is 4.54. The molecule has 2 aromatic carbocycles. The molecule has 26 heavy (non-hydrogen) atoms. The summed E-state index contributed by atoms with van der Waals surface area (Å²) in [6.45, 7) is 3.51. The van der Waals surface area contributed by atoms with Crippen molar-refractivity contribution >= 4 is 11.7 Å². The standard InChI is InChI=1S/C19H16F3N3O/c1-12-6-3-4-9-16(12)18(26)23-17-10-13(2)24-25(17)15-8-5-7-14(11-15)19(20,21)22/h3-11H,1-2H3,(H,23,26). The van der Waals surface area contributed by atoms with Gasteiger partial charge in [0.2, 0.25) is 0 Å². The molecule has 3 rings (SSSR count). The normalized spacial score (nSPS) is 11.4. The molecular formula is C19H16F3N3O. The van der Waals surface area contributed by atoms with E-state index >= 15 is 0 Å². The van der Waals surface area contributed by atoms with Gasteiger partial charge in [0.25, 0.3) is 5.91 Å². The van der Waals surface area contributed by atoms with E-state index in [-0.39, 0.29) is 11.6 Å². The third-order valence-corrected chi connectivity index (χ3v) is 3.88. The van der Waals surface area contributed by atoms with Crippen LogP contribution in [0.4, 0.5) is 19.0 Å². The average molecular weight is 359 g/mol. The first-order valence-corrected chi connectivity index (χ1v) is 7.87. The number of hydrogen-bond acceptors (Lipinski definition) is 2. The van der Waals surface area contributed by atoms with Crippen molar-refractivity contribution in [1.29, 1.82) is 0 Å². The van der Waals surface area contributed by atoms with Gasteiger partial charge in [0, 0.05) is 11.6 Å². The van der Waals surface area contributed by atoms with E-state index in [1.165, 1.54) is 16.8 Å². The highest BCUT2D eigenvalue weighted by molar-refractivity contribution is 6.05. The molecule has 0 saturated heterocycles.